The van der Waals surface area contributed by atoms with Crippen molar-refractivity contribution < 1.29 is 4.79 Å². The van der Waals surface area contributed by atoms with Crippen LogP contribution in [-0.2, 0) is 4.79 Å². The number of nitrogens with zero attached hydrogens (tertiary/aromatic N) is 4. The maximum atomic E-state index is 11.9. The molecular weight excluding hydrogens is 326 g/mol. The maximum Gasteiger partial charge on any atom is 0.243 e. The number of hydrogen-bond acceptors (Lipinski definition) is 3. The number of hydrogen-bond donors (Lipinski definition) is 1. The van der Waals surface area contributed by atoms with E-state index in [4.69, 9.17) is 0 Å². The number of carbonyl (C=O) groups excluding carboxylic acids is 1. The molecule has 1 amide bonds. The number of aliphatic imine (C=N–C) groups is 1. The van der Waals surface area contributed by atoms with Crippen molar-refractivity contribution in [3.05, 3.63) is 29.8 Å². The van der Waals surface area contributed by atoms with Gasteiger partial charge in [-0.25, -0.2) is 4.99 Å². The number of amides is 1. The second-order valence-electron chi connectivity index (χ2n) is 7.19. The highest BCUT2D eigenvalue weighted by atomic mass is 16.2. The Kier molecular flexibility index (Phi) is 7.30. The molecule has 1 fully saturated rings. The van der Waals surface area contributed by atoms with Crippen LogP contribution in [0.3, 0.4) is 0 Å². The average Bonchev–Trinajstić information content (AvgIpc) is 2.64. The molecular formula is C20H33N5O. The lowest BCUT2D eigenvalue weighted by Crippen LogP contribution is -2.54. The van der Waals surface area contributed by atoms with E-state index in [1.807, 2.05) is 0 Å². The molecule has 0 aromatic heterocycles. The second kappa shape index (κ2) is 9.46. The van der Waals surface area contributed by atoms with Gasteiger partial charge in [0.25, 0.3) is 0 Å². The summed E-state index contributed by atoms with van der Waals surface area (Å²) in [5.74, 6) is 0.866. The summed E-state index contributed by atoms with van der Waals surface area (Å²) >= 11 is 0. The minimum atomic E-state index is 0.0202. The lowest BCUT2D eigenvalue weighted by Gasteiger charge is -2.38. The second-order valence-corrected chi connectivity index (χ2v) is 7.19. The van der Waals surface area contributed by atoms with Gasteiger partial charge in [-0.3, -0.25) is 4.79 Å². The molecule has 6 nitrogen and oxygen atoms in total. The Bertz CT molecular complexity index is 620. The Morgan fingerprint density at radius 3 is 2.54 bits per heavy atom. The average molecular weight is 360 g/mol. The van der Waals surface area contributed by atoms with Crippen LogP contribution >= 0.6 is 0 Å². The zero-order valence-corrected chi connectivity index (χ0v) is 16.8. The zero-order valence-electron chi connectivity index (χ0n) is 16.8. The molecule has 1 aliphatic heterocycles. The van der Waals surface area contributed by atoms with Crippen molar-refractivity contribution in [2.75, 3.05) is 51.7 Å². The van der Waals surface area contributed by atoms with Crippen molar-refractivity contribution in [1.82, 2.24) is 15.1 Å². The van der Waals surface area contributed by atoms with Crippen LogP contribution in [0.1, 0.15) is 25.8 Å². The number of anilines is 1. The molecule has 1 aromatic rings. The van der Waals surface area contributed by atoms with Crippen LogP contribution in [-0.4, -0.2) is 74.5 Å². The summed E-state index contributed by atoms with van der Waals surface area (Å²) < 4.78 is 0. The van der Waals surface area contributed by atoms with Gasteiger partial charge in [-0.15, -0.1) is 0 Å². The van der Waals surface area contributed by atoms with E-state index in [1.165, 1.54) is 11.3 Å². The van der Waals surface area contributed by atoms with E-state index >= 15 is 0 Å². The fourth-order valence-corrected chi connectivity index (χ4v) is 2.84. The van der Waals surface area contributed by atoms with Crippen LogP contribution < -0.4 is 10.2 Å². The summed E-state index contributed by atoms with van der Waals surface area (Å²) in [6.45, 7) is 10.3. The highest BCUT2D eigenvalue weighted by Crippen LogP contribution is 2.17. The van der Waals surface area contributed by atoms with Gasteiger partial charge >= 0.3 is 0 Å². The predicted molar refractivity (Wildman–Crippen MR) is 109 cm³/mol. The molecule has 1 saturated heterocycles. The lowest BCUT2D eigenvalue weighted by molar-refractivity contribution is -0.127. The highest BCUT2D eigenvalue weighted by Gasteiger charge is 2.21. The molecule has 0 spiro atoms. The molecule has 26 heavy (non-hydrogen) atoms. The Hall–Kier alpha value is -2.24. The third-order valence-corrected chi connectivity index (χ3v) is 4.80. The summed E-state index contributed by atoms with van der Waals surface area (Å²) in [7, 11) is 3.53. The van der Waals surface area contributed by atoms with Crippen molar-refractivity contribution in [3.63, 3.8) is 0 Å². The molecule has 1 unspecified atom stereocenters. The van der Waals surface area contributed by atoms with Crippen LogP contribution in [0.5, 0.6) is 0 Å². The van der Waals surface area contributed by atoms with Crippen LogP contribution in [0.4, 0.5) is 5.69 Å². The summed E-state index contributed by atoms with van der Waals surface area (Å²) in [6.07, 6.45) is 1.02. The first kappa shape index (κ1) is 20.1. The molecule has 0 radical (unpaired) electrons. The zero-order chi connectivity index (χ0) is 19.1. The van der Waals surface area contributed by atoms with Crippen LogP contribution in [0.2, 0.25) is 0 Å². The van der Waals surface area contributed by atoms with Crippen molar-refractivity contribution in [2.45, 2.75) is 33.2 Å². The minimum Gasteiger partial charge on any atom is -0.368 e. The summed E-state index contributed by atoms with van der Waals surface area (Å²) in [5.41, 5.74) is 2.56. The minimum absolute atomic E-state index is 0.0202. The van der Waals surface area contributed by atoms with Crippen LogP contribution in [0, 0.1) is 6.92 Å². The molecule has 1 N–H and O–H groups in total. The van der Waals surface area contributed by atoms with Gasteiger partial charge < -0.3 is 20.0 Å². The van der Waals surface area contributed by atoms with E-state index in [0.29, 0.717) is 6.04 Å². The van der Waals surface area contributed by atoms with Gasteiger partial charge in [0, 0.05) is 52.0 Å². The number of piperazine rings is 1. The molecule has 0 saturated carbocycles. The number of nitrogens with one attached hydrogen (secondary N) is 1. The number of likely N-dealkylation sites (N-methyl/N-ethyl adjacent to an activating group) is 1. The molecule has 2 rings (SSSR count). The van der Waals surface area contributed by atoms with Gasteiger partial charge in [0.15, 0.2) is 5.96 Å². The number of aryl methyl sites for hydroxylation is 1. The molecule has 1 heterocycles. The van der Waals surface area contributed by atoms with Crippen LogP contribution in [0.15, 0.2) is 29.3 Å². The fraction of sp³-hybridized carbons (Fsp3) is 0.600. The summed E-state index contributed by atoms with van der Waals surface area (Å²) in [5, 5.41) is 3.48. The van der Waals surface area contributed by atoms with E-state index in [0.717, 1.165) is 38.6 Å². The predicted octanol–water partition coefficient (Wildman–Crippen LogP) is 1.95. The van der Waals surface area contributed by atoms with Gasteiger partial charge in [-0.1, -0.05) is 19.1 Å². The van der Waals surface area contributed by atoms with E-state index in [9.17, 15) is 4.79 Å². The van der Waals surface area contributed by atoms with Crippen molar-refractivity contribution in [3.8, 4) is 0 Å². The Morgan fingerprint density at radius 1 is 1.27 bits per heavy atom. The first-order valence-electron chi connectivity index (χ1n) is 9.48. The van der Waals surface area contributed by atoms with Gasteiger partial charge in [-0.2, -0.15) is 0 Å². The molecule has 1 aromatic carbocycles. The smallest absolute Gasteiger partial charge is 0.243 e. The Labute approximate surface area is 157 Å². The molecule has 0 bridgehead atoms. The first-order chi connectivity index (χ1) is 12.4. The van der Waals surface area contributed by atoms with E-state index in [1.54, 1.807) is 19.0 Å². The summed E-state index contributed by atoms with van der Waals surface area (Å²) in [6, 6.07) is 8.98. The number of benzene rings is 1. The van der Waals surface area contributed by atoms with Gasteiger partial charge in [0.1, 0.15) is 6.54 Å². The fourth-order valence-electron chi connectivity index (χ4n) is 2.84. The van der Waals surface area contributed by atoms with E-state index in [2.05, 4.69) is 65.1 Å². The largest absolute Gasteiger partial charge is 0.368 e. The third-order valence-electron chi connectivity index (χ3n) is 4.80. The topological polar surface area (TPSA) is 51.2 Å². The van der Waals surface area contributed by atoms with E-state index < -0.39 is 0 Å². The molecule has 6 heteroatoms. The van der Waals surface area contributed by atoms with Crippen molar-refractivity contribution in [2.24, 2.45) is 4.99 Å². The van der Waals surface area contributed by atoms with Gasteiger partial charge in [-0.05, 0) is 38.0 Å². The van der Waals surface area contributed by atoms with Gasteiger partial charge in [0.2, 0.25) is 5.91 Å². The molecule has 0 aliphatic carbocycles. The Balaban J connectivity index is 2.02. The third kappa shape index (κ3) is 5.64. The standard InChI is InChI=1S/C20H33N5O/c1-6-17(3)22-20(21-15-19(26)23(4)5)25-12-10-24(11-13-25)18-9-7-8-16(2)14-18/h7-9,14,17H,6,10-13,15H2,1-5H3,(H,21,22). The highest BCUT2D eigenvalue weighted by molar-refractivity contribution is 5.85. The van der Waals surface area contributed by atoms with Crippen molar-refractivity contribution >= 4 is 17.6 Å². The quantitative estimate of drug-likeness (QED) is 0.645. The number of guanidine groups is 1. The SMILES string of the molecule is CCC(C)NC(=NCC(=O)N(C)C)N1CCN(c2cccc(C)c2)CC1. The van der Waals surface area contributed by atoms with Crippen LogP contribution in [0.25, 0.3) is 0 Å². The van der Waals surface area contributed by atoms with Crippen molar-refractivity contribution in [1.29, 1.82) is 0 Å². The number of rotatable bonds is 5. The molecule has 1 atom stereocenters. The molecule has 144 valence electrons. The first-order valence-corrected chi connectivity index (χ1v) is 9.48. The Morgan fingerprint density at radius 2 is 1.96 bits per heavy atom. The monoisotopic (exact) mass is 359 g/mol. The lowest BCUT2D eigenvalue weighted by atomic mass is 10.2. The maximum absolute atomic E-state index is 11.9. The summed E-state index contributed by atoms with van der Waals surface area (Å²) in [4.78, 5) is 22.8. The van der Waals surface area contributed by atoms with E-state index in [-0.39, 0.29) is 12.5 Å². The normalized spacial score (nSPS) is 16.4. The van der Waals surface area contributed by atoms with Gasteiger partial charge in [0.05, 0.1) is 0 Å². The molecule has 1 aliphatic rings. The number of carbonyl (C=O) groups is 1.